The summed E-state index contributed by atoms with van der Waals surface area (Å²) in [5, 5.41) is 31.5. The largest absolute Gasteiger partial charge is 0.479 e. The predicted molar refractivity (Wildman–Crippen MR) is 330 cm³/mol. The SMILES string of the molecule is CC/C=C\C/C=C\C/C=C\C/C=C\C/C=C\C/C=C\CCC(=O)OCC(COC1OC(C(=O)O)C(O)C(O)C1OC(=O)CCCCCCCC/C=C\C/C=C\C/C=C\C/C=C\CC)OC(=O)CCCCCCC/C=C\C/C=C\CCC. The van der Waals surface area contributed by atoms with Gasteiger partial charge in [-0.1, -0.05) is 218 Å². The Bertz CT molecular complexity index is 1960. The number of carbonyl (C=O) groups excluding carboxylic acids is 3. The molecule has 3 N–H and O–H groups in total. The molecular weight excluding hydrogens is 1020 g/mol. The van der Waals surface area contributed by atoms with Gasteiger partial charge in [0.2, 0.25) is 0 Å². The lowest BCUT2D eigenvalue weighted by molar-refractivity contribution is -0.301. The zero-order valence-corrected chi connectivity index (χ0v) is 50.0. The van der Waals surface area contributed by atoms with E-state index in [1.165, 1.54) is 0 Å². The number of allylic oxidation sites excluding steroid dienone is 24. The standard InChI is InChI=1S/C69H106O12/c1-4-7-10-13-16-19-22-25-27-29-31-33-35-38-40-43-46-49-52-55-61(70)77-58-60(79-62(71)56-53-50-47-44-41-37-24-21-18-15-12-9-6-3)59-78-69-67(65(74)64(73)66(81-69)68(75)76)80-63(72)57-54-51-48-45-42-39-36-34-32-30-28-26-23-20-17-14-11-8-5-2/h7-8,10-12,15-17,19-21,24-28,31-34,38,40,46,49,60,64-67,69,73-74H,4-6,9,13-14,18,22-23,29-30,35-37,39,41-45,47-48,50-59H2,1-3H3,(H,75,76)/b10-7-,11-8-,15-12-,19-16-,20-17-,24-21-,27-25-,28-26-,33-31-,34-32-,40-38-,49-46-. The van der Waals surface area contributed by atoms with Crippen molar-refractivity contribution in [1.82, 2.24) is 0 Å². The third-order valence-electron chi connectivity index (χ3n) is 12.9. The van der Waals surface area contributed by atoms with Gasteiger partial charge in [0.05, 0.1) is 6.61 Å². The minimum Gasteiger partial charge on any atom is -0.479 e. The number of carboxylic acids is 1. The van der Waals surface area contributed by atoms with Gasteiger partial charge in [0.15, 0.2) is 24.6 Å². The molecule has 0 aromatic carbocycles. The number of hydrogen-bond acceptors (Lipinski definition) is 11. The average molecular weight is 1130 g/mol. The molecule has 6 unspecified atom stereocenters. The summed E-state index contributed by atoms with van der Waals surface area (Å²) in [7, 11) is 0. The second-order valence-electron chi connectivity index (χ2n) is 20.2. The fraction of sp³-hybridized carbons (Fsp3) is 0.594. The Balaban J connectivity index is 2.73. The molecule has 454 valence electrons. The van der Waals surface area contributed by atoms with Crippen LogP contribution in [-0.2, 0) is 42.9 Å². The lowest BCUT2D eigenvalue weighted by Gasteiger charge is -2.40. The third-order valence-corrected chi connectivity index (χ3v) is 12.9. The van der Waals surface area contributed by atoms with E-state index in [0.717, 1.165) is 154 Å². The molecule has 81 heavy (non-hydrogen) atoms. The van der Waals surface area contributed by atoms with Crippen molar-refractivity contribution in [3.63, 3.8) is 0 Å². The highest BCUT2D eigenvalue weighted by molar-refractivity contribution is 5.74. The molecular formula is C69H106O12. The highest BCUT2D eigenvalue weighted by Crippen LogP contribution is 2.26. The first kappa shape index (κ1) is 73.6. The van der Waals surface area contributed by atoms with Crippen molar-refractivity contribution in [1.29, 1.82) is 0 Å². The maximum atomic E-state index is 13.1. The van der Waals surface area contributed by atoms with Crippen LogP contribution < -0.4 is 0 Å². The van der Waals surface area contributed by atoms with Crippen molar-refractivity contribution in [3.8, 4) is 0 Å². The summed E-state index contributed by atoms with van der Waals surface area (Å²) < 4.78 is 28.4. The van der Waals surface area contributed by atoms with Crippen LogP contribution in [0.2, 0.25) is 0 Å². The van der Waals surface area contributed by atoms with Crippen LogP contribution in [0.15, 0.2) is 146 Å². The summed E-state index contributed by atoms with van der Waals surface area (Å²) in [5.41, 5.74) is 0. The molecule has 6 atom stereocenters. The first-order valence-electron chi connectivity index (χ1n) is 30.8. The molecule has 0 aliphatic carbocycles. The van der Waals surface area contributed by atoms with Crippen molar-refractivity contribution in [3.05, 3.63) is 146 Å². The Morgan fingerprint density at radius 1 is 0.420 bits per heavy atom. The molecule has 0 aromatic heterocycles. The Morgan fingerprint density at radius 2 is 0.802 bits per heavy atom. The zero-order valence-electron chi connectivity index (χ0n) is 50.0. The van der Waals surface area contributed by atoms with Crippen LogP contribution in [0.25, 0.3) is 0 Å². The van der Waals surface area contributed by atoms with Crippen LogP contribution in [0.5, 0.6) is 0 Å². The molecule has 0 amide bonds. The molecule has 0 saturated carbocycles. The summed E-state index contributed by atoms with van der Waals surface area (Å²) in [6.07, 6.45) is 66.8. The van der Waals surface area contributed by atoms with E-state index < -0.39 is 67.3 Å². The number of esters is 3. The molecule has 12 nitrogen and oxygen atoms in total. The number of rotatable bonds is 50. The lowest BCUT2D eigenvalue weighted by Crippen LogP contribution is -2.61. The number of aliphatic hydroxyl groups excluding tert-OH is 2. The summed E-state index contributed by atoms with van der Waals surface area (Å²) >= 11 is 0. The van der Waals surface area contributed by atoms with Crippen molar-refractivity contribution >= 4 is 23.9 Å². The zero-order chi connectivity index (χ0) is 58.9. The predicted octanol–water partition coefficient (Wildman–Crippen LogP) is 16.3. The van der Waals surface area contributed by atoms with E-state index in [4.69, 9.17) is 23.7 Å². The van der Waals surface area contributed by atoms with Crippen molar-refractivity contribution in [2.24, 2.45) is 0 Å². The molecule has 0 bridgehead atoms. The Hall–Kier alpha value is -5.40. The molecule has 1 rings (SSSR count). The number of ether oxygens (including phenoxy) is 5. The second kappa shape index (κ2) is 55.2. The highest BCUT2D eigenvalue weighted by atomic mass is 16.7. The van der Waals surface area contributed by atoms with E-state index in [1.54, 1.807) is 0 Å². The number of carbonyl (C=O) groups is 4. The molecule has 1 aliphatic heterocycles. The molecule has 0 spiro atoms. The highest BCUT2D eigenvalue weighted by Gasteiger charge is 2.50. The fourth-order valence-electron chi connectivity index (χ4n) is 8.24. The van der Waals surface area contributed by atoms with Gasteiger partial charge in [-0.2, -0.15) is 0 Å². The van der Waals surface area contributed by atoms with Crippen molar-refractivity contribution in [2.75, 3.05) is 13.2 Å². The topological polar surface area (TPSA) is 175 Å². The Kier molecular flexibility index (Phi) is 50.1. The molecule has 1 fully saturated rings. The molecule has 1 aliphatic rings. The minimum absolute atomic E-state index is 0.0269. The van der Waals surface area contributed by atoms with E-state index in [9.17, 15) is 34.5 Å². The van der Waals surface area contributed by atoms with Gasteiger partial charge in [-0.05, 0) is 122 Å². The lowest BCUT2D eigenvalue weighted by atomic mass is 9.98. The van der Waals surface area contributed by atoms with Gasteiger partial charge in [-0.15, -0.1) is 0 Å². The molecule has 0 radical (unpaired) electrons. The number of aliphatic hydroxyl groups is 2. The molecule has 12 heteroatoms. The van der Waals surface area contributed by atoms with Gasteiger partial charge in [-0.3, -0.25) is 14.4 Å². The molecule has 1 saturated heterocycles. The third kappa shape index (κ3) is 44.9. The Morgan fingerprint density at radius 3 is 1.23 bits per heavy atom. The van der Waals surface area contributed by atoms with E-state index >= 15 is 0 Å². The molecule has 1 heterocycles. The van der Waals surface area contributed by atoms with Gasteiger partial charge in [0.1, 0.15) is 18.8 Å². The van der Waals surface area contributed by atoms with E-state index in [2.05, 4.69) is 154 Å². The van der Waals surface area contributed by atoms with Gasteiger partial charge in [0.25, 0.3) is 0 Å². The minimum atomic E-state index is -1.93. The van der Waals surface area contributed by atoms with Crippen LogP contribution in [0.1, 0.15) is 213 Å². The van der Waals surface area contributed by atoms with Crippen LogP contribution in [0, 0.1) is 0 Å². The van der Waals surface area contributed by atoms with Gasteiger partial charge >= 0.3 is 23.9 Å². The number of unbranched alkanes of at least 4 members (excludes halogenated alkanes) is 12. The first-order valence-corrected chi connectivity index (χ1v) is 30.8. The summed E-state index contributed by atoms with van der Waals surface area (Å²) in [5.74, 6) is -3.29. The van der Waals surface area contributed by atoms with Gasteiger partial charge in [-0.25, -0.2) is 4.79 Å². The van der Waals surface area contributed by atoms with Crippen molar-refractivity contribution in [2.45, 2.75) is 250 Å². The summed E-state index contributed by atoms with van der Waals surface area (Å²) in [6.45, 7) is 5.61. The molecule has 0 aromatic rings. The van der Waals surface area contributed by atoms with Crippen molar-refractivity contribution < 1.29 is 58.2 Å². The number of aliphatic carboxylic acids is 1. The van der Waals surface area contributed by atoms with Gasteiger partial charge in [0, 0.05) is 19.3 Å². The normalized spacial score (nSPS) is 18.8. The average Bonchev–Trinajstić information content (AvgIpc) is 3.45. The second-order valence-corrected chi connectivity index (χ2v) is 20.2. The van der Waals surface area contributed by atoms with Gasteiger partial charge < -0.3 is 39.0 Å². The number of hydrogen-bond donors (Lipinski definition) is 3. The quantitative estimate of drug-likeness (QED) is 0.0228. The summed E-state index contributed by atoms with van der Waals surface area (Å²) in [4.78, 5) is 51.2. The van der Waals surface area contributed by atoms with Crippen LogP contribution >= 0.6 is 0 Å². The Labute approximate surface area is 489 Å². The summed E-state index contributed by atoms with van der Waals surface area (Å²) in [6, 6.07) is 0. The first-order chi connectivity index (χ1) is 39.6. The monoisotopic (exact) mass is 1130 g/mol. The maximum absolute atomic E-state index is 13.1. The number of carboxylic acid groups (broad SMARTS) is 1. The van der Waals surface area contributed by atoms with Crippen LogP contribution in [0.3, 0.4) is 0 Å². The van der Waals surface area contributed by atoms with E-state index in [1.807, 2.05) is 12.2 Å². The fourth-order valence-corrected chi connectivity index (χ4v) is 8.24. The van der Waals surface area contributed by atoms with Crippen LogP contribution in [-0.4, -0.2) is 89.2 Å². The smallest absolute Gasteiger partial charge is 0.335 e. The van der Waals surface area contributed by atoms with E-state index in [0.29, 0.717) is 19.3 Å². The van der Waals surface area contributed by atoms with Crippen LogP contribution in [0.4, 0.5) is 0 Å². The maximum Gasteiger partial charge on any atom is 0.335 e. The van der Waals surface area contributed by atoms with E-state index in [-0.39, 0.29) is 25.9 Å².